The number of carbonyl (C=O) groups excluding carboxylic acids is 3. The Balaban J connectivity index is 0.00000145. The van der Waals surface area contributed by atoms with Gasteiger partial charge in [-0.3, -0.25) is 19.6 Å². The van der Waals surface area contributed by atoms with Gasteiger partial charge in [-0.25, -0.2) is 4.79 Å². The molecule has 4 N–H and O–H groups in total. The number of anilines is 1. The Hall–Kier alpha value is -3.40. The van der Waals surface area contributed by atoms with Gasteiger partial charge < -0.3 is 20.7 Å². The molecule has 0 fully saturated rings. The van der Waals surface area contributed by atoms with Crippen LogP contribution in [0, 0.1) is 0 Å². The van der Waals surface area contributed by atoms with Crippen LogP contribution in [-0.2, 0) is 16.1 Å². The fourth-order valence-electron chi connectivity index (χ4n) is 3.50. The van der Waals surface area contributed by atoms with Crippen LogP contribution in [0.4, 0.5) is 10.5 Å². The van der Waals surface area contributed by atoms with Gasteiger partial charge >= 0.3 is 6.09 Å². The molecule has 1 unspecified atom stereocenters. The standard InChI is InChI=1S/C21H28N6O4.2C2H6/c1-4-5-19(28)23-12-26-11-13(2)27-18(20(26)29)9-17(25-27)15-7-6-14(10-22)8-16(15)24-21(30)31-3;2*1-2/h6-9,13H,4-5,10-12,22H2,1-3H3,(H,23,28)(H,24,30);2*1-2H3. The number of hydrogen-bond donors (Lipinski definition) is 3. The number of amides is 3. The minimum atomic E-state index is -0.613. The minimum Gasteiger partial charge on any atom is -0.453 e. The zero-order valence-corrected chi connectivity index (χ0v) is 22.0. The Labute approximate surface area is 208 Å². The number of fused-ring (bicyclic) bond motifs is 1. The SMILES string of the molecule is CC.CC.CCCC(=O)NCN1CC(C)n2nc(-c3ccc(CN)cc3NC(=O)OC)cc2C1=O. The number of methoxy groups -OCH3 is 1. The lowest BCUT2D eigenvalue weighted by Crippen LogP contribution is -2.47. The number of nitrogens with zero attached hydrogens (tertiary/aromatic N) is 3. The third kappa shape index (κ3) is 7.54. The lowest BCUT2D eigenvalue weighted by atomic mass is 10.1. The average Bonchev–Trinajstić information content (AvgIpc) is 3.34. The van der Waals surface area contributed by atoms with Crippen molar-refractivity contribution in [1.29, 1.82) is 0 Å². The average molecular weight is 489 g/mol. The third-order valence-electron chi connectivity index (χ3n) is 5.11. The van der Waals surface area contributed by atoms with Crippen molar-refractivity contribution >= 4 is 23.6 Å². The highest BCUT2D eigenvalue weighted by atomic mass is 16.5. The van der Waals surface area contributed by atoms with Gasteiger partial charge in [0.25, 0.3) is 5.91 Å². The number of hydrogen-bond acceptors (Lipinski definition) is 6. The van der Waals surface area contributed by atoms with Gasteiger partial charge in [-0.1, -0.05) is 46.8 Å². The molecule has 1 aromatic carbocycles. The molecule has 0 bridgehead atoms. The molecule has 10 heteroatoms. The van der Waals surface area contributed by atoms with E-state index in [1.807, 2.05) is 47.6 Å². The Morgan fingerprint density at radius 2 is 1.89 bits per heavy atom. The van der Waals surface area contributed by atoms with Crippen LogP contribution in [0.5, 0.6) is 0 Å². The molecule has 0 saturated carbocycles. The highest BCUT2D eigenvalue weighted by Crippen LogP contribution is 2.31. The van der Waals surface area contributed by atoms with E-state index in [-0.39, 0.29) is 24.5 Å². The fourth-order valence-corrected chi connectivity index (χ4v) is 3.50. The van der Waals surface area contributed by atoms with E-state index in [1.165, 1.54) is 7.11 Å². The molecule has 3 amide bonds. The number of aromatic nitrogens is 2. The number of ether oxygens (including phenoxy) is 1. The highest BCUT2D eigenvalue weighted by molar-refractivity contribution is 5.96. The molecule has 10 nitrogen and oxygen atoms in total. The summed E-state index contributed by atoms with van der Waals surface area (Å²) in [6.45, 7) is 12.8. The van der Waals surface area contributed by atoms with Crippen molar-refractivity contribution in [3.8, 4) is 11.3 Å². The summed E-state index contributed by atoms with van der Waals surface area (Å²) in [6.07, 6.45) is 0.559. The minimum absolute atomic E-state index is 0.0788. The largest absolute Gasteiger partial charge is 0.453 e. The lowest BCUT2D eigenvalue weighted by Gasteiger charge is -2.31. The number of benzene rings is 1. The normalized spacial score (nSPS) is 14.0. The van der Waals surface area contributed by atoms with Crippen molar-refractivity contribution in [2.24, 2.45) is 5.73 Å². The Bertz CT molecular complexity index is 988. The van der Waals surface area contributed by atoms with E-state index in [2.05, 4.69) is 15.7 Å². The molecule has 0 radical (unpaired) electrons. The molecule has 1 atom stereocenters. The molecule has 194 valence electrons. The number of nitrogens with two attached hydrogens (primary N) is 1. The molecule has 1 aliphatic rings. The predicted octanol–water partition coefficient (Wildman–Crippen LogP) is 4.13. The van der Waals surface area contributed by atoms with Crippen molar-refractivity contribution in [2.45, 2.75) is 67.0 Å². The Kier molecular flexibility index (Phi) is 12.5. The first kappa shape index (κ1) is 29.6. The summed E-state index contributed by atoms with van der Waals surface area (Å²) in [6, 6.07) is 7.02. The summed E-state index contributed by atoms with van der Waals surface area (Å²) in [5.41, 5.74) is 8.66. The second-order valence-electron chi connectivity index (χ2n) is 7.44. The second-order valence-corrected chi connectivity index (χ2v) is 7.44. The maximum atomic E-state index is 13.0. The Morgan fingerprint density at radius 3 is 2.49 bits per heavy atom. The van der Waals surface area contributed by atoms with Gasteiger partial charge in [0.1, 0.15) is 5.69 Å². The van der Waals surface area contributed by atoms with Gasteiger partial charge in [0.15, 0.2) is 0 Å². The lowest BCUT2D eigenvalue weighted by molar-refractivity contribution is -0.121. The fraction of sp³-hybridized carbons (Fsp3) is 0.520. The van der Waals surface area contributed by atoms with Gasteiger partial charge in [0, 0.05) is 25.1 Å². The van der Waals surface area contributed by atoms with Crippen molar-refractivity contribution in [2.75, 3.05) is 25.6 Å². The summed E-state index contributed by atoms with van der Waals surface area (Å²) in [5.74, 6) is -0.295. The van der Waals surface area contributed by atoms with Gasteiger partial charge in [-0.2, -0.15) is 5.10 Å². The molecule has 0 spiro atoms. The molecule has 0 aliphatic carbocycles. The maximum Gasteiger partial charge on any atom is 0.411 e. The van der Waals surface area contributed by atoms with Gasteiger partial charge in [-0.15, -0.1) is 0 Å². The monoisotopic (exact) mass is 488 g/mol. The van der Waals surface area contributed by atoms with Crippen molar-refractivity contribution in [1.82, 2.24) is 20.0 Å². The van der Waals surface area contributed by atoms with Crippen LogP contribution in [-0.4, -0.2) is 52.9 Å². The van der Waals surface area contributed by atoms with Gasteiger partial charge in [0.2, 0.25) is 5.91 Å². The number of rotatable bonds is 7. The molecule has 1 aromatic heterocycles. The zero-order chi connectivity index (χ0) is 26.5. The quantitative estimate of drug-likeness (QED) is 0.537. The summed E-state index contributed by atoms with van der Waals surface area (Å²) in [7, 11) is 1.28. The van der Waals surface area contributed by atoms with Gasteiger partial charge in [-0.05, 0) is 31.0 Å². The van der Waals surface area contributed by atoms with Crippen molar-refractivity contribution in [3.63, 3.8) is 0 Å². The van der Waals surface area contributed by atoms with E-state index < -0.39 is 6.09 Å². The molecule has 35 heavy (non-hydrogen) atoms. The molecule has 3 rings (SSSR count). The van der Waals surface area contributed by atoms with Crippen LogP contribution < -0.4 is 16.4 Å². The van der Waals surface area contributed by atoms with E-state index in [0.717, 1.165) is 12.0 Å². The number of carbonyl (C=O) groups is 3. The number of nitrogens with one attached hydrogen (secondary N) is 2. The molecule has 0 saturated heterocycles. The smallest absolute Gasteiger partial charge is 0.411 e. The molecular formula is C25H40N6O4. The van der Waals surface area contributed by atoms with Crippen LogP contribution >= 0.6 is 0 Å². The Morgan fingerprint density at radius 1 is 1.20 bits per heavy atom. The highest BCUT2D eigenvalue weighted by Gasteiger charge is 2.31. The molecule has 2 aromatic rings. The summed E-state index contributed by atoms with van der Waals surface area (Å²) < 4.78 is 6.39. The van der Waals surface area contributed by atoms with Crippen LogP contribution in [0.1, 0.15) is 76.5 Å². The van der Waals surface area contributed by atoms with Crippen LogP contribution in [0.2, 0.25) is 0 Å². The first-order valence-corrected chi connectivity index (χ1v) is 12.2. The summed E-state index contributed by atoms with van der Waals surface area (Å²) >= 11 is 0. The first-order valence-electron chi connectivity index (χ1n) is 12.2. The van der Waals surface area contributed by atoms with E-state index >= 15 is 0 Å². The molecule has 1 aliphatic heterocycles. The summed E-state index contributed by atoms with van der Waals surface area (Å²) in [5, 5.41) is 10.1. The van der Waals surface area contributed by atoms with E-state index in [4.69, 9.17) is 10.5 Å². The van der Waals surface area contributed by atoms with E-state index in [9.17, 15) is 14.4 Å². The third-order valence-corrected chi connectivity index (χ3v) is 5.11. The van der Waals surface area contributed by atoms with Gasteiger partial charge in [0.05, 0.1) is 31.2 Å². The van der Waals surface area contributed by atoms with E-state index in [1.54, 1.807) is 27.8 Å². The van der Waals surface area contributed by atoms with Crippen LogP contribution in [0.3, 0.4) is 0 Å². The van der Waals surface area contributed by atoms with Crippen LogP contribution in [0.25, 0.3) is 11.3 Å². The van der Waals surface area contributed by atoms with E-state index in [0.29, 0.717) is 42.1 Å². The first-order chi connectivity index (χ1) is 16.9. The summed E-state index contributed by atoms with van der Waals surface area (Å²) in [4.78, 5) is 38.2. The maximum absolute atomic E-state index is 13.0. The zero-order valence-electron chi connectivity index (χ0n) is 22.0. The predicted molar refractivity (Wildman–Crippen MR) is 138 cm³/mol. The van der Waals surface area contributed by atoms with Crippen molar-refractivity contribution in [3.05, 3.63) is 35.5 Å². The second kappa shape index (κ2) is 14.8. The topological polar surface area (TPSA) is 132 Å². The molecule has 2 heterocycles. The molecular weight excluding hydrogens is 448 g/mol. The van der Waals surface area contributed by atoms with Crippen LogP contribution in [0.15, 0.2) is 24.3 Å². The van der Waals surface area contributed by atoms with Crippen molar-refractivity contribution < 1.29 is 19.1 Å².